The zero-order valence-corrected chi connectivity index (χ0v) is 13.9. The molecule has 0 saturated heterocycles. The normalized spacial score (nSPS) is 12.3. The number of rotatable bonds is 3. The lowest BCUT2D eigenvalue weighted by molar-refractivity contribution is 0.0942. The third kappa shape index (κ3) is 3.01. The van der Waals surface area contributed by atoms with Crippen LogP contribution in [-0.4, -0.2) is 5.91 Å². The number of halogens is 1. The third-order valence-corrected chi connectivity index (χ3v) is 4.94. The minimum atomic E-state index is -0.0251. The number of carbonyl (C=O) groups excluding carboxylic acids is 1. The van der Waals surface area contributed by atoms with Gasteiger partial charge in [-0.15, -0.1) is 11.3 Å². The summed E-state index contributed by atoms with van der Waals surface area (Å²) < 4.78 is 2.17. The van der Waals surface area contributed by atoms with Gasteiger partial charge in [0.1, 0.15) is 0 Å². The first kappa shape index (κ1) is 14.3. The Morgan fingerprint density at radius 3 is 2.62 bits per heavy atom. The van der Waals surface area contributed by atoms with E-state index in [9.17, 15) is 4.79 Å². The van der Waals surface area contributed by atoms with Gasteiger partial charge in [0, 0.05) is 19.9 Å². The number of amides is 1. The first-order valence-corrected chi connectivity index (χ1v) is 8.35. The largest absolute Gasteiger partial charge is 0.345 e. The molecule has 0 spiro atoms. The lowest BCUT2D eigenvalue weighted by Gasteiger charge is -2.14. The number of hydrogen-bond donors (Lipinski definition) is 1. The second-order valence-corrected chi connectivity index (χ2v) is 6.72. The predicted octanol–water partition coefficient (Wildman–Crippen LogP) is 5.15. The molecular formula is C17H14BrNOS. The molecule has 1 aromatic heterocycles. The third-order valence-electron chi connectivity index (χ3n) is 3.44. The van der Waals surface area contributed by atoms with Gasteiger partial charge in [-0.25, -0.2) is 0 Å². The summed E-state index contributed by atoms with van der Waals surface area (Å²) >= 11 is 5.02. The summed E-state index contributed by atoms with van der Waals surface area (Å²) in [5, 5.41) is 6.00. The molecule has 0 radical (unpaired) electrons. The Balaban J connectivity index is 1.81. The van der Waals surface area contributed by atoms with Gasteiger partial charge in [0.05, 0.1) is 11.6 Å². The maximum atomic E-state index is 12.5. The number of fused-ring (bicyclic) bond motifs is 1. The molecule has 3 rings (SSSR count). The second-order valence-electron chi connectivity index (χ2n) is 4.89. The molecule has 1 heterocycles. The highest BCUT2D eigenvalue weighted by Gasteiger charge is 2.15. The van der Waals surface area contributed by atoms with Crippen molar-refractivity contribution in [2.24, 2.45) is 0 Å². The first-order valence-electron chi connectivity index (χ1n) is 6.68. The average Bonchev–Trinajstić information content (AvgIpc) is 2.92. The molecule has 0 aliphatic carbocycles. The topological polar surface area (TPSA) is 29.1 Å². The Hall–Kier alpha value is -1.65. The van der Waals surface area contributed by atoms with Crippen LogP contribution >= 0.6 is 27.3 Å². The maximum absolute atomic E-state index is 12.5. The van der Waals surface area contributed by atoms with Crippen molar-refractivity contribution in [3.05, 3.63) is 69.5 Å². The monoisotopic (exact) mass is 359 g/mol. The Labute approximate surface area is 135 Å². The molecule has 0 aliphatic rings. The van der Waals surface area contributed by atoms with Gasteiger partial charge in [-0.1, -0.05) is 46.3 Å². The van der Waals surface area contributed by atoms with Crippen LogP contribution in [0.2, 0.25) is 0 Å². The van der Waals surface area contributed by atoms with E-state index in [0.29, 0.717) is 0 Å². The molecule has 1 unspecified atom stereocenters. The quantitative estimate of drug-likeness (QED) is 0.687. The van der Waals surface area contributed by atoms with Crippen molar-refractivity contribution in [2.75, 3.05) is 0 Å². The summed E-state index contributed by atoms with van der Waals surface area (Å²) in [6.45, 7) is 2.00. The number of nitrogens with one attached hydrogen (secondary N) is 1. The average molecular weight is 360 g/mol. The van der Waals surface area contributed by atoms with E-state index in [1.165, 1.54) is 0 Å². The molecule has 4 heteroatoms. The molecule has 0 aliphatic heterocycles. The number of hydrogen-bond acceptors (Lipinski definition) is 2. The number of carbonyl (C=O) groups is 1. The minimum absolute atomic E-state index is 0.0238. The van der Waals surface area contributed by atoms with E-state index in [-0.39, 0.29) is 11.9 Å². The Bertz CT molecular complexity index is 779. The summed E-state index contributed by atoms with van der Waals surface area (Å²) in [6.07, 6.45) is 0. The van der Waals surface area contributed by atoms with Crippen LogP contribution in [0.4, 0.5) is 0 Å². The van der Waals surface area contributed by atoms with E-state index in [0.717, 1.165) is 25.7 Å². The van der Waals surface area contributed by atoms with E-state index in [1.54, 1.807) is 11.3 Å². The summed E-state index contributed by atoms with van der Waals surface area (Å²) in [5.41, 5.74) is 1.84. The highest BCUT2D eigenvalue weighted by molar-refractivity contribution is 9.10. The number of thiophene rings is 1. The fraction of sp³-hybridized carbons (Fsp3) is 0.118. The van der Waals surface area contributed by atoms with Gasteiger partial charge in [0.25, 0.3) is 5.91 Å². The maximum Gasteiger partial charge on any atom is 0.253 e. The van der Waals surface area contributed by atoms with E-state index in [1.807, 2.05) is 60.8 Å². The van der Waals surface area contributed by atoms with E-state index < -0.39 is 0 Å². The fourth-order valence-electron chi connectivity index (χ4n) is 2.26. The standard InChI is InChI=1S/C17H14BrNOS/c1-11(12-6-8-13(18)9-7-12)19-17(20)15-10-21-16-5-3-2-4-14(15)16/h2-11H,1H3,(H,19,20). The van der Waals surface area contributed by atoms with E-state index in [4.69, 9.17) is 0 Å². The molecule has 2 nitrogen and oxygen atoms in total. The van der Waals surface area contributed by atoms with Crippen molar-refractivity contribution in [2.45, 2.75) is 13.0 Å². The SMILES string of the molecule is CC(NC(=O)c1csc2ccccc12)c1ccc(Br)cc1. The van der Waals surface area contributed by atoms with Crippen LogP contribution in [0.3, 0.4) is 0 Å². The molecule has 1 amide bonds. The molecular weight excluding hydrogens is 346 g/mol. The van der Waals surface area contributed by atoms with Crippen LogP contribution in [0, 0.1) is 0 Å². The Morgan fingerprint density at radius 1 is 1.14 bits per heavy atom. The van der Waals surface area contributed by atoms with Gasteiger partial charge >= 0.3 is 0 Å². The smallest absolute Gasteiger partial charge is 0.253 e. The highest BCUT2D eigenvalue weighted by Crippen LogP contribution is 2.26. The van der Waals surface area contributed by atoms with Gasteiger partial charge in [-0.05, 0) is 30.7 Å². The zero-order valence-electron chi connectivity index (χ0n) is 11.5. The summed E-state index contributed by atoms with van der Waals surface area (Å²) in [7, 11) is 0. The van der Waals surface area contributed by atoms with Gasteiger partial charge in [0.2, 0.25) is 0 Å². The Kier molecular flexibility index (Phi) is 4.08. The van der Waals surface area contributed by atoms with Crippen LogP contribution in [-0.2, 0) is 0 Å². The molecule has 1 N–H and O–H groups in total. The minimum Gasteiger partial charge on any atom is -0.345 e. The fourth-order valence-corrected chi connectivity index (χ4v) is 3.47. The summed E-state index contributed by atoms with van der Waals surface area (Å²) in [5.74, 6) is -0.0251. The molecule has 0 fully saturated rings. The lowest BCUT2D eigenvalue weighted by atomic mass is 10.1. The highest BCUT2D eigenvalue weighted by atomic mass is 79.9. The molecule has 21 heavy (non-hydrogen) atoms. The molecule has 0 saturated carbocycles. The van der Waals surface area contributed by atoms with Gasteiger partial charge in [-0.2, -0.15) is 0 Å². The summed E-state index contributed by atoms with van der Waals surface area (Å²) in [6, 6.07) is 16.0. The number of benzene rings is 2. The van der Waals surface area contributed by atoms with Crippen molar-refractivity contribution in [3.8, 4) is 0 Å². The predicted molar refractivity (Wildman–Crippen MR) is 91.8 cm³/mol. The van der Waals surface area contributed by atoms with Gasteiger partial charge in [-0.3, -0.25) is 4.79 Å². The lowest BCUT2D eigenvalue weighted by Crippen LogP contribution is -2.26. The second kappa shape index (κ2) is 6.00. The van der Waals surface area contributed by atoms with Gasteiger partial charge in [0.15, 0.2) is 0 Å². The van der Waals surface area contributed by atoms with E-state index >= 15 is 0 Å². The van der Waals surface area contributed by atoms with Crippen LogP contribution in [0.15, 0.2) is 58.4 Å². The van der Waals surface area contributed by atoms with Gasteiger partial charge < -0.3 is 5.32 Å². The van der Waals surface area contributed by atoms with Crippen LogP contribution in [0.25, 0.3) is 10.1 Å². The van der Waals surface area contributed by atoms with Crippen LogP contribution < -0.4 is 5.32 Å². The molecule has 0 bridgehead atoms. The van der Waals surface area contributed by atoms with Crippen molar-refractivity contribution in [1.29, 1.82) is 0 Å². The van der Waals surface area contributed by atoms with Crippen molar-refractivity contribution >= 4 is 43.3 Å². The molecule has 106 valence electrons. The van der Waals surface area contributed by atoms with Crippen molar-refractivity contribution < 1.29 is 4.79 Å². The van der Waals surface area contributed by atoms with E-state index in [2.05, 4.69) is 21.2 Å². The molecule has 2 aromatic carbocycles. The zero-order chi connectivity index (χ0) is 14.8. The van der Waals surface area contributed by atoms with Crippen molar-refractivity contribution in [3.63, 3.8) is 0 Å². The first-order chi connectivity index (χ1) is 10.1. The van der Waals surface area contributed by atoms with Crippen molar-refractivity contribution in [1.82, 2.24) is 5.32 Å². The Morgan fingerprint density at radius 2 is 1.86 bits per heavy atom. The molecule has 1 atom stereocenters. The molecule has 3 aromatic rings. The van der Waals surface area contributed by atoms with Crippen LogP contribution in [0.5, 0.6) is 0 Å². The van der Waals surface area contributed by atoms with Crippen LogP contribution in [0.1, 0.15) is 28.9 Å². The summed E-state index contributed by atoms with van der Waals surface area (Å²) in [4.78, 5) is 12.5.